The first-order chi connectivity index (χ1) is 8.97. The van der Waals surface area contributed by atoms with Gasteiger partial charge >= 0.3 is 0 Å². The molecule has 0 amide bonds. The molecule has 2 aliphatic carbocycles. The van der Waals surface area contributed by atoms with E-state index in [-0.39, 0.29) is 5.03 Å². The quantitative estimate of drug-likeness (QED) is 0.804. The number of halogens is 1. The molecule has 0 spiro atoms. The standard InChI is InChI=1S/C13H19ClN2O2S/c1-2-12-15-13(19(14,17)18)8-16(12)7-11-6-9-3-4-10(11)5-9/h8-11H,2-7H2,1H3. The molecular formula is C13H19ClN2O2S. The zero-order valence-electron chi connectivity index (χ0n) is 11.0. The topological polar surface area (TPSA) is 52.0 Å². The number of nitrogens with zero attached hydrogens (tertiary/aromatic N) is 2. The van der Waals surface area contributed by atoms with Crippen molar-refractivity contribution in [3.05, 3.63) is 12.0 Å². The van der Waals surface area contributed by atoms with Crippen molar-refractivity contribution in [3.8, 4) is 0 Å². The Labute approximate surface area is 118 Å². The third kappa shape index (κ3) is 2.55. The van der Waals surface area contributed by atoms with Crippen molar-refractivity contribution in [2.75, 3.05) is 0 Å². The molecule has 0 saturated heterocycles. The summed E-state index contributed by atoms with van der Waals surface area (Å²) in [6.07, 6.45) is 7.70. The highest BCUT2D eigenvalue weighted by atomic mass is 35.7. The van der Waals surface area contributed by atoms with Crippen LogP contribution in [0.2, 0.25) is 0 Å². The van der Waals surface area contributed by atoms with Crippen LogP contribution in [0.15, 0.2) is 11.2 Å². The van der Waals surface area contributed by atoms with E-state index in [0.717, 1.165) is 30.6 Å². The van der Waals surface area contributed by atoms with Gasteiger partial charge in [0.1, 0.15) is 5.82 Å². The number of aryl methyl sites for hydroxylation is 1. The van der Waals surface area contributed by atoms with Crippen LogP contribution in [0.25, 0.3) is 0 Å². The van der Waals surface area contributed by atoms with Gasteiger partial charge in [-0.05, 0) is 37.0 Å². The van der Waals surface area contributed by atoms with E-state index in [0.29, 0.717) is 5.92 Å². The molecule has 2 bridgehead atoms. The average Bonchev–Trinajstić information content (AvgIpc) is 3.01. The SMILES string of the molecule is CCc1nc(S(=O)(=O)Cl)cn1CC1CC2CCC1C2. The van der Waals surface area contributed by atoms with Gasteiger partial charge in [-0.3, -0.25) is 0 Å². The molecule has 2 fully saturated rings. The summed E-state index contributed by atoms with van der Waals surface area (Å²) in [6, 6.07) is 0. The van der Waals surface area contributed by atoms with E-state index in [9.17, 15) is 8.42 Å². The summed E-state index contributed by atoms with van der Waals surface area (Å²) in [6.45, 7) is 2.88. The molecular weight excluding hydrogens is 284 g/mol. The van der Waals surface area contributed by atoms with Crippen molar-refractivity contribution in [2.45, 2.75) is 50.6 Å². The van der Waals surface area contributed by atoms with E-state index in [2.05, 4.69) is 4.98 Å². The Hall–Kier alpha value is -0.550. The predicted molar refractivity (Wildman–Crippen MR) is 73.6 cm³/mol. The molecule has 1 aromatic heterocycles. The van der Waals surface area contributed by atoms with Crippen molar-refractivity contribution < 1.29 is 8.42 Å². The summed E-state index contributed by atoms with van der Waals surface area (Å²) >= 11 is 0. The van der Waals surface area contributed by atoms with Crippen molar-refractivity contribution in [2.24, 2.45) is 17.8 Å². The minimum absolute atomic E-state index is 0.00540. The van der Waals surface area contributed by atoms with Crippen molar-refractivity contribution >= 4 is 19.7 Å². The Balaban J connectivity index is 1.82. The smallest absolute Gasteiger partial charge is 0.280 e. The predicted octanol–water partition coefficient (Wildman–Crippen LogP) is 2.81. The summed E-state index contributed by atoms with van der Waals surface area (Å²) in [5, 5.41) is -0.00540. The lowest BCUT2D eigenvalue weighted by Crippen LogP contribution is -2.18. The Morgan fingerprint density at radius 3 is 2.74 bits per heavy atom. The molecule has 2 aliphatic rings. The molecule has 0 radical (unpaired) electrons. The maximum Gasteiger partial charge on any atom is 0.280 e. The number of aromatic nitrogens is 2. The second kappa shape index (κ2) is 4.77. The van der Waals surface area contributed by atoms with Gasteiger partial charge in [0.05, 0.1) is 0 Å². The fourth-order valence-electron chi connectivity index (χ4n) is 3.84. The van der Waals surface area contributed by atoms with E-state index in [4.69, 9.17) is 10.7 Å². The normalized spacial score (nSPS) is 30.1. The van der Waals surface area contributed by atoms with Gasteiger partial charge in [-0.2, -0.15) is 0 Å². The van der Waals surface area contributed by atoms with Crippen molar-refractivity contribution in [1.29, 1.82) is 0 Å². The number of rotatable bonds is 4. The average molecular weight is 303 g/mol. The molecule has 19 heavy (non-hydrogen) atoms. The molecule has 1 aromatic rings. The minimum Gasteiger partial charge on any atom is -0.333 e. The van der Waals surface area contributed by atoms with Gasteiger partial charge in [0, 0.05) is 29.8 Å². The highest BCUT2D eigenvalue weighted by molar-refractivity contribution is 8.13. The van der Waals surface area contributed by atoms with E-state index in [1.54, 1.807) is 6.20 Å². The maximum atomic E-state index is 11.4. The number of hydrogen-bond donors (Lipinski definition) is 0. The Kier molecular flexibility index (Phi) is 3.38. The molecule has 4 nitrogen and oxygen atoms in total. The maximum absolute atomic E-state index is 11.4. The van der Waals surface area contributed by atoms with Gasteiger partial charge in [0.25, 0.3) is 9.05 Å². The fraction of sp³-hybridized carbons (Fsp3) is 0.769. The summed E-state index contributed by atoms with van der Waals surface area (Å²) in [5.41, 5.74) is 0. The number of hydrogen-bond acceptors (Lipinski definition) is 3. The number of fused-ring (bicyclic) bond motifs is 2. The first-order valence-electron chi connectivity index (χ1n) is 6.98. The molecule has 3 unspecified atom stereocenters. The van der Waals surface area contributed by atoms with Crippen LogP contribution >= 0.6 is 10.7 Å². The fourth-order valence-corrected chi connectivity index (χ4v) is 4.53. The molecule has 0 aromatic carbocycles. The molecule has 0 N–H and O–H groups in total. The third-order valence-corrected chi connectivity index (χ3v) is 5.89. The second-order valence-electron chi connectivity index (χ2n) is 5.87. The van der Waals surface area contributed by atoms with Crippen LogP contribution in [0.4, 0.5) is 0 Å². The first kappa shape index (κ1) is 13.4. The zero-order chi connectivity index (χ0) is 13.6. The second-order valence-corrected chi connectivity index (χ2v) is 8.39. The van der Waals surface area contributed by atoms with Gasteiger partial charge in [0.15, 0.2) is 5.03 Å². The zero-order valence-corrected chi connectivity index (χ0v) is 12.6. The largest absolute Gasteiger partial charge is 0.333 e. The molecule has 106 valence electrons. The van der Waals surface area contributed by atoms with Crippen LogP contribution in [0.5, 0.6) is 0 Å². The molecule has 6 heteroatoms. The molecule has 3 rings (SSSR count). The van der Waals surface area contributed by atoms with Crippen LogP contribution in [0.1, 0.15) is 38.4 Å². The van der Waals surface area contributed by atoms with Crippen LogP contribution < -0.4 is 0 Å². The summed E-state index contributed by atoms with van der Waals surface area (Å²) in [5.74, 6) is 3.24. The van der Waals surface area contributed by atoms with E-state index in [1.807, 2.05) is 11.5 Å². The van der Waals surface area contributed by atoms with Gasteiger partial charge in [-0.15, -0.1) is 0 Å². The molecule has 3 atom stereocenters. The van der Waals surface area contributed by atoms with E-state index in [1.165, 1.54) is 25.7 Å². The van der Waals surface area contributed by atoms with Crippen LogP contribution in [-0.4, -0.2) is 18.0 Å². The van der Waals surface area contributed by atoms with Gasteiger partial charge in [0.2, 0.25) is 0 Å². The summed E-state index contributed by atoms with van der Waals surface area (Å²) < 4.78 is 24.7. The van der Waals surface area contributed by atoms with E-state index >= 15 is 0 Å². The van der Waals surface area contributed by atoms with Gasteiger partial charge in [-0.1, -0.05) is 13.3 Å². The van der Waals surface area contributed by atoms with Gasteiger partial charge < -0.3 is 4.57 Å². The van der Waals surface area contributed by atoms with Crippen molar-refractivity contribution in [3.63, 3.8) is 0 Å². The first-order valence-corrected chi connectivity index (χ1v) is 9.29. The van der Waals surface area contributed by atoms with Crippen LogP contribution in [0.3, 0.4) is 0 Å². The minimum atomic E-state index is -3.72. The van der Waals surface area contributed by atoms with Crippen LogP contribution in [0, 0.1) is 17.8 Å². The third-order valence-electron chi connectivity index (χ3n) is 4.72. The summed E-state index contributed by atoms with van der Waals surface area (Å²) in [7, 11) is 1.66. The monoisotopic (exact) mass is 302 g/mol. The van der Waals surface area contributed by atoms with Crippen LogP contribution in [-0.2, 0) is 22.0 Å². The molecule has 1 heterocycles. The summed E-state index contributed by atoms with van der Waals surface area (Å²) in [4.78, 5) is 4.15. The lowest BCUT2D eigenvalue weighted by Gasteiger charge is -2.22. The number of imidazole rings is 1. The van der Waals surface area contributed by atoms with Crippen molar-refractivity contribution in [1.82, 2.24) is 9.55 Å². The lowest BCUT2D eigenvalue weighted by molar-refractivity contribution is 0.293. The lowest BCUT2D eigenvalue weighted by atomic mass is 9.89. The van der Waals surface area contributed by atoms with Gasteiger partial charge in [-0.25, -0.2) is 13.4 Å². The van der Waals surface area contributed by atoms with E-state index < -0.39 is 9.05 Å². The molecule has 0 aliphatic heterocycles. The highest BCUT2D eigenvalue weighted by Gasteiger charge is 2.39. The Bertz CT molecular complexity index is 581. The molecule has 2 saturated carbocycles. The Morgan fingerprint density at radius 2 is 2.21 bits per heavy atom. The Morgan fingerprint density at radius 1 is 1.42 bits per heavy atom. The highest BCUT2D eigenvalue weighted by Crippen LogP contribution is 2.48.